The Morgan fingerprint density at radius 2 is 1.45 bits per heavy atom. The third-order valence-electron chi connectivity index (χ3n) is 2.40. The van der Waals surface area contributed by atoms with Gasteiger partial charge in [0.1, 0.15) is 5.75 Å². The van der Waals surface area contributed by atoms with Gasteiger partial charge in [-0.25, -0.2) is 8.78 Å². The molecule has 0 N–H and O–H groups in total. The summed E-state index contributed by atoms with van der Waals surface area (Å²) in [5.74, 6) is -2.19. The van der Waals surface area contributed by atoms with Crippen molar-refractivity contribution < 1.29 is 13.5 Å². The third kappa shape index (κ3) is 3.37. The van der Waals surface area contributed by atoms with Crippen molar-refractivity contribution in [3.05, 3.63) is 56.5 Å². The first kappa shape index (κ1) is 15.8. The van der Waals surface area contributed by atoms with E-state index in [9.17, 15) is 8.78 Å². The van der Waals surface area contributed by atoms with Crippen molar-refractivity contribution in [2.45, 2.75) is 5.33 Å². The fourth-order valence-corrected chi connectivity index (χ4v) is 2.38. The molecule has 1 nitrogen and oxygen atoms in total. The van der Waals surface area contributed by atoms with Crippen LogP contribution in [0.1, 0.15) is 5.56 Å². The first-order valence-electron chi connectivity index (χ1n) is 5.28. The summed E-state index contributed by atoms with van der Waals surface area (Å²) in [5, 5.41) is 0.820. The summed E-state index contributed by atoms with van der Waals surface area (Å²) in [4.78, 5) is 0. The number of ether oxygens (including phenoxy) is 1. The number of alkyl halides is 1. The Labute approximate surface area is 137 Å². The van der Waals surface area contributed by atoms with Gasteiger partial charge in [0.2, 0.25) is 0 Å². The summed E-state index contributed by atoms with van der Waals surface area (Å²) in [6, 6.07) is 4.96. The van der Waals surface area contributed by atoms with Crippen LogP contribution in [0.5, 0.6) is 11.5 Å². The minimum Gasteiger partial charge on any atom is -0.450 e. The van der Waals surface area contributed by atoms with Crippen molar-refractivity contribution in [1.82, 2.24) is 0 Å². The zero-order valence-electron chi connectivity index (χ0n) is 9.69. The Morgan fingerprint density at radius 3 is 2.00 bits per heavy atom. The van der Waals surface area contributed by atoms with E-state index in [2.05, 4.69) is 15.9 Å². The van der Waals surface area contributed by atoms with Gasteiger partial charge in [-0.2, -0.15) is 0 Å². The standard InChI is InChI=1S/C13H6BrCl3F2O/c14-5-6-1-10(18)13(11(19)2-6)20-12-4-8(16)7(15)3-9(12)17/h1-4H,5H2. The van der Waals surface area contributed by atoms with Gasteiger partial charge in [0.25, 0.3) is 0 Å². The lowest BCUT2D eigenvalue weighted by atomic mass is 10.2. The summed E-state index contributed by atoms with van der Waals surface area (Å²) in [6.07, 6.45) is 0. The lowest BCUT2D eigenvalue weighted by Crippen LogP contribution is -1.95. The van der Waals surface area contributed by atoms with E-state index in [1.165, 1.54) is 24.3 Å². The Morgan fingerprint density at radius 1 is 0.900 bits per heavy atom. The summed E-state index contributed by atoms with van der Waals surface area (Å²) in [5.41, 5.74) is 0.451. The minimum atomic E-state index is -0.832. The molecule has 2 rings (SSSR count). The highest BCUT2D eigenvalue weighted by Crippen LogP contribution is 2.38. The molecule has 106 valence electrons. The Bertz CT molecular complexity index is 641. The van der Waals surface area contributed by atoms with Gasteiger partial charge < -0.3 is 4.74 Å². The first-order chi connectivity index (χ1) is 9.42. The molecule has 0 amide bonds. The van der Waals surface area contributed by atoms with E-state index >= 15 is 0 Å². The van der Waals surface area contributed by atoms with Gasteiger partial charge in [-0.05, 0) is 23.8 Å². The van der Waals surface area contributed by atoms with E-state index in [-0.39, 0.29) is 20.8 Å². The second kappa shape index (κ2) is 6.48. The highest BCUT2D eigenvalue weighted by atomic mass is 79.9. The molecular formula is C13H6BrCl3F2O. The van der Waals surface area contributed by atoms with Gasteiger partial charge in [0.15, 0.2) is 17.4 Å². The summed E-state index contributed by atoms with van der Waals surface area (Å²) < 4.78 is 32.8. The van der Waals surface area contributed by atoms with Gasteiger partial charge in [-0.3, -0.25) is 0 Å². The first-order valence-corrected chi connectivity index (χ1v) is 7.54. The normalized spacial score (nSPS) is 10.7. The van der Waals surface area contributed by atoms with E-state index < -0.39 is 17.4 Å². The molecule has 0 aliphatic rings. The van der Waals surface area contributed by atoms with Gasteiger partial charge >= 0.3 is 0 Å². The molecule has 20 heavy (non-hydrogen) atoms. The molecule has 0 atom stereocenters. The van der Waals surface area contributed by atoms with Crippen molar-refractivity contribution in [3.8, 4) is 11.5 Å². The van der Waals surface area contributed by atoms with Crippen LogP contribution in [0.15, 0.2) is 24.3 Å². The van der Waals surface area contributed by atoms with Crippen molar-refractivity contribution in [2.24, 2.45) is 0 Å². The number of halogens is 6. The average molecular weight is 402 g/mol. The zero-order valence-corrected chi connectivity index (χ0v) is 13.5. The van der Waals surface area contributed by atoms with Crippen LogP contribution in [-0.4, -0.2) is 0 Å². The van der Waals surface area contributed by atoms with Gasteiger partial charge in [-0.1, -0.05) is 50.7 Å². The van der Waals surface area contributed by atoms with Crippen molar-refractivity contribution in [3.63, 3.8) is 0 Å². The number of rotatable bonds is 3. The average Bonchev–Trinajstić information content (AvgIpc) is 2.39. The third-order valence-corrected chi connectivity index (χ3v) is 4.06. The topological polar surface area (TPSA) is 9.23 Å². The van der Waals surface area contributed by atoms with Crippen molar-refractivity contribution >= 4 is 50.7 Å². The van der Waals surface area contributed by atoms with Crippen LogP contribution in [0.2, 0.25) is 15.1 Å². The van der Waals surface area contributed by atoms with Crippen LogP contribution in [-0.2, 0) is 5.33 Å². The van der Waals surface area contributed by atoms with Crippen LogP contribution >= 0.6 is 50.7 Å². The summed E-state index contributed by atoms with van der Waals surface area (Å²) >= 11 is 20.6. The molecule has 0 spiro atoms. The fraction of sp³-hybridized carbons (Fsp3) is 0.0769. The lowest BCUT2D eigenvalue weighted by molar-refractivity contribution is 0.407. The molecule has 0 unspecified atom stereocenters. The fourth-order valence-electron chi connectivity index (χ4n) is 1.48. The van der Waals surface area contributed by atoms with E-state index in [1.54, 1.807) is 0 Å². The molecule has 0 bridgehead atoms. The molecular weight excluding hydrogens is 396 g/mol. The SMILES string of the molecule is Fc1cc(CBr)cc(F)c1Oc1cc(Cl)c(Cl)cc1Cl. The number of hydrogen-bond donors (Lipinski definition) is 0. The number of hydrogen-bond acceptors (Lipinski definition) is 1. The van der Waals surface area contributed by atoms with Crippen LogP contribution < -0.4 is 4.74 Å². The molecule has 7 heteroatoms. The minimum absolute atomic E-state index is 0.0189. The molecule has 0 saturated heterocycles. The monoisotopic (exact) mass is 400 g/mol. The van der Waals surface area contributed by atoms with E-state index in [4.69, 9.17) is 39.5 Å². The maximum atomic E-state index is 13.8. The maximum absolute atomic E-state index is 13.8. The molecule has 0 radical (unpaired) electrons. The predicted molar refractivity (Wildman–Crippen MR) is 80.5 cm³/mol. The second-order valence-electron chi connectivity index (χ2n) is 3.82. The Balaban J connectivity index is 2.42. The summed E-state index contributed by atoms with van der Waals surface area (Å²) in [7, 11) is 0. The maximum Gasteiger partial charge on any atom is 0.198 e. The smallest absolute Gasteiger partial charge is 0.198 e. The second-order valence-corrected chi connectivity index (χ2v) is 5.60. The van der Waals surface area contributed by atoms with Crippen LogP contribution in [0.4, 0.5) is 8.78 Å². The highest BCUT2D eigenvalue weighted by Gasteiger charge is 2.16. The quantitative estimate of drug-likeness (QED) is 0.414. The lowest BCUT2D eigenvalue weighted by Gasteiger charge is -2.11. The Kier molecular flexibility index (Phi) is 5.13. The van der Waals surface area contributed by atoms with Crippen LogP contribution in [0, 0.1) is 11.6 Å². The van der Waals surface area contributed by atoms with Crippen molar-refractivity contribution in [1.29, 1.82) is 0 Å². The van der Waals surface area contributed by atoms with Crippen molar-refractivity contribution in [2.75, 3.05) is 0 Å². The summed E-state index contributed by atoms with van der Waals surface area (Å²) in [6.45, 7) is 0. The van der Waals surface area contributed by atoms with Gasteiger partial charge in [0, 0.05) is 11.4 Å². The molecule has 2 aromatic carbocycles. The van der Waals surface area contributed by atoms with Gasteiger partial charge in [0.05, 0.1) is 15.1 Å². The molecule has 0 aliphatic carbocycles. The van der Waals surface area contributed by atoms with Crippen LogP contribution in [0.25, 0.3) is 0 Å². The molecule has 0 fully saturated rings. The van der Waals surface area contributed by atoms with Gasteiger partial charge in [-0.15, -0.1) is 0 Å². The zero-order chi connectivity index (χ0) is 14.9. The molecule has 0 aliphatic heterocycles. The highest BCUT2D eigenvalue weighted by molar-refractivity contribution is 9.08. The molecule has 0 heterocycles. The predicted octanol–water partition coefficient (Wildman–Crippen LogP) is 6.61. The van der Waals surface area contributed by atoms with Crippen LogP contribution in [0.3, 0.4) is 0 Å². The number of benzene rings is 2. The Hall–Kier alpha value is -0.550. The van der Waals surface area contributed by atoms with E-state index in [0.29, 0.717) is 10.9 Å². The van der Waals surface area contributed by atoms with E-state index in [0.717, 1.165) is 0 Å². The molecule has 0 aromatic heterocycles. The van der Waals surface area contributed by atoms with E-state index in [1.807, 2.05) is 0 Å². The molecule has 0 saturated carbocycles. The molecule has 2 aromatic rings. The largest absolute Gasteiger partial charge is 0.450 e.